The maximum Gasteiger partial charge on any atom is 0.0586 e. The van der Waals surface area contributed by atoms with Gasteiger partial charge in [-0.3, -0.25) is 0 Å². The predicted octanol–water partition coefficient (Wildman–Crippen LogP) is 3.33. The number of nitrogens with one attached hydrogen (secondary N) is 1. The molecule has 16 heavy (non-hydrogen) atoms. The number of hydrogen-bond donors (Lipinski definition) is 1. The van der Waals surface area contributed by atoms with Gasteiger partial charge in [-0.05, 0) is 45.4 Å². The molecular weight excluding hydrogens is 222 g/mol. The molecule has 0 heterocycles. The second kappa shape index (κ2) is 6.83. The summed E-state index contributed by atoms with van der Waals surface area (Å²) in [5.41, 5.74) is 0.196. The summed E-state index contributed by atoms with van der Waals surface area (Å²) in [6, 6.07) is 0.604. The lowest BCUT2D eigenvalue weighted by atomic mass is 9.88. The number of hydrogen-bond acceptors (Lipinski definition) is 2. The Labute approximate surface area is 105 Å². The van der Waals surface area contributed by atoms with E-state index in [0.29, 0.717) is 12.1 Å². The molecule has 1 rings (SSSR count). The van der Waals surface area contributed by atoms with Crippen LogP contribution in [0.25, 0.3) is 0 Å². The molecule has 0 aliphatic heterocycles. The van der Waals surface area contributed by atoms with Gasteiger partial charge in [0.2, 0.25) is 0 Å². The van der Waals surface area contributed by atoms with Crippen LogP contribution in [0.2, 0.25) is 0 Å². The van der Waals surface area contributed by atoms with Crippen molar-refractivity contribution in [3.63, 3.8) is 0 Å². The predicted molar refractivity (Wildman–Crippen MR) is 70.2 cm³/mol. The minimum Gasteiger partial charge on any atom is -0.381 e. The number of ether oxygens (including phenoxy) is 1. The van der Waals surface area contributed by atoms with Crippen LogP contribution in [0.3, 0.4) is 0 Å². The minimum absolute atomic E-state index is 0.196. The van der Waals surface area contributed by atoms with E-state index >= 15 is 0 Å². The SMILES string of the molecule is CCC(C)(CCCl)NC1CCCC(OC)C1. The van der Waals surface area contributed by atoms with E-state index < -0.39 is 0 Å². The lowest BCUT2D eigenvalue weighted by molar-refractivity contribution is 0.0526. The van der Waals surface area contributed by atoms with Crippen LogP contribution in [0.5, 0.6) is 0 Å². The molecule has 3 atom stereocenters. The van der Waals surface area contributed by atoms with E-state index in [1.165, 1.54) is 19.3 Å². The summed E-state index contributed by atoms with van der Waals surface area (Å²) in [6.07, 6.45) is 7.53. The van der Waals surface area contributed by atoms with Crippen LogP contribution in [-0.2, 0) is 4.74 Å². The smallest absolute Gasteiger partial charge is 0.0586 e. The molecule has 0 aromatic carbocycles. The van der Waals surface area contributed by atoms with Gasteiger partial charge in [0.15, 0.2) is 0 Å². The third-order valence-electron chi connectivity index (χ3n) is 3.94. The fourth-order valence-electron chi connectivity index (χ4n) is 2.54. The second-order valence-electron chi connectivity index (χ2n) is 5.22. The van der Waals surface area contributed by atoms with Crippen LogP contribution in [0.1, 0.15) is 52.4 Å². The molecule has 0 saturated heterocycles. The monoisotopic (exact) mass is 247 g/mol. The van der Waals surface area contributed by atoms with Crippen molar-refractivity contribution in [1.82, 2.24) is 5.32 Å². The van der Waals surface area contributed by atoms with Crippen LogP contribution in [0.4, 0.5) is 0 Å². The zero-order valence-corrected chi connectivity index (χ0v) is 11.6. The number of halogens is 1. The van der Waals surface area contributed by atoms with Gasteiger partial charge in [-0.15, -0.1) is 11.6 Å². The minimum atomic E-state index is 0.196. The largest absolute Gasteiger partial charge is 0.381 e. The maximum absolute atomic E-state index is 5.87. The Hall–Kier alpha value is 0.210. The first kappa shape index (κ1) is 14.3. The van der Waals surface area contributed by atoms with Crippen LogP contribution in [0, 0.1) is 0 Å². The van der Waals surface area contributed by atoms with Crippen molar-refractivity contribution in [2.75, 3.05) is 13.0 Å². The molecule has 0 radical (unpaired) electrons. The second-order valence-corrected chi connectivity index (χ2v) is 5.60. The quantitative estimate of drug-likeness (QED) is 0.727. The molecule has 96 valence electrons. The normalized spacial score (nSPS) is 30.0. The highest BCUT2D eigenvalue weighted by Gasteiger charge is 2.28. The lowest BCUT2D eigenvalue weighted by Gasteiger charge is -2.37. The van der Waals surface area contributed by atoms with E-state index in [2.05, 4.69) is 19.2 Å². The fraction of sp³-hybridized carbons (Fsp3) is 1.00. The molecule has 3 heteroatoms. The summed E-state index contributed by atoms with van der Waals surface area (Å²) in [5.74, 6) is 0.734. The molecule has 0 aromatic heterocycles. The molecule has 2 nitrogen and oxygen atoms in total. The Kier molecular flexibility index (Phi) is 6.09. The third-order valence-corrected chi connectivity index (χ3v) is 4.13. The van der Waals surface area contributed by atoms with Crippen molar-refractivity contribution in [3.05, 3.63) is 0 Å². The first-order valence-electron chi connectivity index (χ1n) is 6.50. The van der Waals surface area contributed by atoms with Gasteiger partial charge in [0, 0.05) is 24.6 Å². The summed E-state index contributed by atoms with van der Waals surface area (Å²) in [7, 11) is 1.82. The number of methoxy groups -OCH3 is 1. The van der Waals surface area contributed by atoms with Crippen molar-refractivity contribution in [2.45, 2.75) is 70.1 Å². The van der Waals surface area contributed by atoms with E-state index in [1.807, 2.05) is 7.11 Å². The first-order chi connectivity index (χ1) is 7.63. The van der Waals surface area contributed by atoms with Gasteiger partial charge in [-0.25, -0.2) is 0 Å². The van der Waals surface area contributed by atoms with Gasteiger partial charge in [-0.2, -0.15) is 0 Å². The lowest BCUT2D eigenvalue weighted by Crippen LogP contribution is -2.50. The van der Waals surface area contributed by atoms with E-state index in [1.54, 1.807) is 0 Å². The van der Waals surface area contributed by atoms with Gasteiger partial charge in [0.05, 0.1) is 6.10 Å². The van der Waals surface area contributed by atoms with E-state index in [-0.39, 0.29) is 5.54 Å². The molecule has 0 amide bonds. The van der Waals surface area contributed by atoms with Crippen molar-refractivity contribution in [1.29, 1.82) is 0 Å². The average molecular weight is 248 g/mol. The number of rotatable bonds is 6. The molecule has 1 aliphatic carbocycles. The Morgan fingerprint density at radius 1 is 1.44 bits per heavy atom. The van der Waals surface area contributed by atoms with Gasteiger partial charge in [0.25, 0.3) is 0 Å². The fourth-order valence-corrected chi connectivity index (χ4v) is 2.96. The summed E-state index contributed by atoms with van der Waals surface area (Å²) >= 11 is 5.87. The Balaban J connectivity index is 2.44. The summed E-state index contributed by atoms with van der Waals surface area (Å²) < 4.78 is 5.46. The highest BCUT2D eigenvalue weighted by molar-refractivity contribution is 6.17. The highest BCUT2D eigenvalue weighted by Crippen LogP contribution is 2.25. The van der Waals surface area contributed by atoms with E-state index in [0.717, 1.165) is 25.1 Å². The first-order valence-corrected chi connectivity index (χ1v) is 7.03. The van der Waals surface area contributed by atoms with Crippen molar-refractivity contribution < 1.29 is 4.74 Å². The van der Waals surface area contributed by atoms with Crippen molar-refractivity contribution >= 4 is 11.6 Å². The molecule has 0 bridgehead atoms. The molecule has 3 unspecified atom stereocenters. The molecule has 1 saturated carbocycles. The van der Waals surface area contributed by atoms with E-state index in [9.17, 15) is 0 Å². The van der Waals surface area contributed by atoms with Crippen LogP contribution >= 0.6 is 11.6 Å². The molecule has 1 aliphatic rings. The van der Waals surface area contributed by atoms with Crippen molar-refractivity contribution in [2.24, 2.45) is 0 Å². The molecular formula is C13H26ClNO. The highest BCUT2D eigenvalue weighted by atomic mass is 35.5. The summed E-state index contributed by atoms with van der Waals surface area (Å²) in [5, 5.41) is 3.78. The molecule has 0 aromatic rings. The van der Waals surface area contributed by atoms with E-state index in [4.69, 9.17) is 16.3 Å². The molecule has 0 spiro atoms. The van der Waals surface area contributed by atoms with Gasteiger partial charge in [0.1, 0.15) is 0 Å². The number of alkyl halides is 1. The van der Waals surface area contributed by atoms with Crippen LogP contribution in [0.15, 0.2) is 0 Å². The summed E-state index contributed by atoms with van der Waals surface area (Å²) in [6.45, 7) is 4.52. The topological polar surface area (TPSA) is 21.3 Å². The van der Waals surface area contributed by atoms with Crippen LogP contribution in [-0.4, -0.2) is 30.7 Å². The summed E-state index contributed by atoms with van der Waals surface area (Å²) in [4.78, 5) is 0. The average Bonchev–Trinajstić information content (AvgIpc) is 2.29. The maximum atomic E-state index is 5.87. The molecule has 1 N–H and O–H groups in total. The zero-order chi connectivity index (χ0) is 12.0. The standard InChI is InChI=1S/C13H26ClNO/c1-4-13(2,8-9-14)15-11-6-5-7-12(10-11)16-3/h11-12,15H,4-10H2,1-3H3. The zero-order valence-electron chi connectivity index (χ0n) is 10.9. The van der Waals surface area contributed by atoms with Crippen molar-refractivity contribution in [3.8, 4) is 0 Å². The third kappa shape index (κ3) is 4.23. The Morgan fingerprint density at radius 2 is 2.19 bits per heavy atom. The molecule has 1 fully saturated rings. The van der Waals surface area contributed by atoms with Gasteiger partial charge < -0.3 is 10.1 Å². The Morgan fingerprint density at radius 3 is 2.75 bits per heavy atom. The van der Waals surface area contributed by atoms with Gasteiger partial charge >= 0.3 is 0 Å². The van der Waals surface area contributed by atoms with Crippen LogP contribution < -0.4 is 5.32 Å². The Bertz CT molecular complexity index is 200. The van der Waals surface area contributed by atoms with Gasteiger partial charge in [-0.1, -0.05) is 6.92 Å².